The van der Waals surface area contributed by atoms with Crippen molar-refractivity contribution < 1.29 is 34.2 Å². The lowest BCUT2D eigenvalue weighted by Crippen LogP contribution is -2.59. The standard InChI is InChI=1S/C22H32N8O7/c1-3-11(2)18(30-19(33)14(23)6-17(31)32)21(35)28-15(4-12-7-24-9-26-12)20(34)29-16(22(36)37)5-13-8-25-10-27-13/h7-11,14-16,18H,3-6,23H2,1-2H3,(H,24,26)(H,25,27)(H,28,35)(H,29,34)(H,30,33)(H,31,32)(H,36,37). The van der Waals surface area contributed by atoms with Crippen LogP contribution in [0.4, 0.5) is 0 Å². The second kappa shape index (κ2) is 13.7. The summed E-state index contributed by atoms with van der Waals surface area (Å²) in [5.74, 6) is -5.28. The molecule has 9 N–H and O–H groups in total. The number of imidazole rings is 2. The normalized spacial score (nSPS) is 15.0. The van der Waals surface area contributed by atoms with Crippen LogP contribution in [0.2, 0.25) is 0 Å². The molecule has 2 rings (SSSR count). The molecule has 5 unspecified atom stereocenters. The number of carboxylic acid groups (broad SMARTS) is 2. The monoisotopic (exact) mass is 520 g/mol. The molecule has 0 aliphatic heterocycles. The summed E-state index contributed by atoms with van der Waals surface area (Å²) in [6.07, 6.45) is 5.37. The van der Waals surface area contributed by atoms with Gasteiger partial charge in [-0.3, -0.25) is 19.2 Å². The Balaban J connectivity index is 2.21. The maximum Gasteiger partial charge on any atom is 0.326 e. The number of amides is 3. The summed E-state index contributed by atoms with van der Waals surface area (Å²) >= 11 is 0. The van der Waals surface area contributed by atoms with Crippen LogP contribution >= 0.6 is 0 Å². The summed E-state index contributed by atoms with van der Waals surface area (Å²) in [5.41, 5.74) is 6.60. The van der Waals surface area contributed by atoms with E-state index >= 15 is 0 Å². The van der Waals surface area contributed by atoms with Crippen molar-refractivity contribution in [1.29, 1.82) is 0 Å². The van der Waals surface area contributed by atoms with E-state index in [1.807, 2.05) is 0 Å². The van der Waals surface area contributed by atoms with Crippen LogP contribution in [0, 0.1) is 5.92 Å². The molecule has 5 atom stereocenters. The van der Waals surface area contributed by atoms with Gasteiger partial charge in [-0.25, -0.2) is 14.8 Å². The molecule has 15 heteroatoms. The van der Waals surface area contributed by atoms with E-state index in [0.29, 0.717) is 17.8 Å². The van der Waals surface area contributed by atoms with Crippen molar-refractivity contribution in [2.45, 2.75) is 63.7 Å². The van der Waals surface area contributed by atoms with Gasteiger partial charge in [0.1, 0.15) is 18.1 Å². The number of nitrogens with one attached hydrogen (secondary N) is 5. The average molecular weight is 521 g/mol. The molecule has 0 spiro atoms. The lowest BCUT2D eigenvalue weighted by atomic mass is 9.97. The van der Waals surface area contributed by atoms with Gasteiger partial charge in [-0.2, -0.15) is 0 Å². The van der Waals surface area contributed by atoms with E-state index in [4.69, 9.17) is 10.8 Å². The summed E-state index contributed by atoms with van der Waals surface area (Å²) < 4.78 is 0. The van der Waals surface area contributed by atoms with Crippen LogP contribution in [0.25, 0.3) is 0 Å². The third-order valence-corrected chi connectivity index (χ3v) is 5.73. The Labute approximate surface area is 212 Å². The summed E-state index contributed by atoms with van der Waals surface area (Å²) in [4.78, 5) is 74.8. The first-order chi connectivity index (χ1) is 17.5. The molecule has 2 heterocycles. The van der Waals surface area contributed by atoms with Crippen LogP contribution in [0.5, 0.6) is 0 Å². The van der Waals surface area contributed by atoms with E-state index < -0.39 is 66.2 Å². The second-order valence-corrected chi connectivity index (χ2v) is 8.60. The highest BCUT2D eigenvalue weighted by atomic mass is 16.4. The zero-order valence-corrected chi connectivity index (χ0v) is 20.4. The Morgan fingerprint density at radius 1 is 0.892 bits per heavy atom. The van der Waals surface area contributed by atoms with E-state index in [1.165, 1.54) is 25.0 Å². The SMILES string of the molecule is CCC(C)C(NC(=O)C(N)CC(=O)O)C(=O)NC(Cc1cnc[nH]1)C(=O)NC(Cc1cnc[nH]1)C(=O)O. The summed E-state index contributed by atoms with van der Waals surface area (Å²) in [6.45, 7) is 3.48. The van der Waals surface area contributed by atoms with Crippen molar-refractivity contribution in [3.63, 3.8) is 0 Å². The van der Waals surface area contributed by atoms with Crippen molar-refractivity contribution in [3.05, 3.63) is 36.4 Å². The van der Waals surface area contributed by atoms with Gasteiger partial charge in [0.25, 0.3) is 0 Å². The minimum atomic E-state index is -1.38. The van der Waals surface area contributed by atoms with Gasteiger partial charge in [-0.1, -0.05) is 20.3 Å². The molecule has 3 amide bonds. The van der Waals surface area contributed by atoms with Crippen LogP contribution < -0.4 is 21.7 Å². The minimum absolute atomic E-state index is 0.0479. The smallest absolute Gasteiger partial charge is 0.326 e. The van der Waals surface area contributed by atoms with Crippen molar-refractivity contribution in [2.75, 3.05) is 0 Å². The number of carboxylic acids is 2. The molecule has 0 saturated heterocycles. The first-order valence-electron chi connectivity index (χ1n) is 11.6. The fourth-order valence-corrected chi connectivity index (χ4v) is 3.42. The van der Waals surface area contributed by atoms with E-state index in [0.717, 1.165) is 0 Å². The number of aromatic amines is 2. The molecule has 0 aromatic carbocycles. The lowest BCUT2D eigenvalue weighted by Gasteiger charge is -2.27. The number of hydrogen-bond acceptors (Lipinski definition) is 8. The predicted molar refractivity (Wildman–Crippen MR) is 128 cm³/mol. The molecule has 202 valence electrons. The zero-order chi connectivity index (χ0) is 27.5. The molecule has 0 fully saturated rings. The van der Waals surface area contributed by atoms with Crippen LogP contribution in [-0.4, -0.2) is 84.0 Å². The Hall–Kier alpha value is -4.27. The zero-order valence-electron chi connectivity index (χ0n) is 20.4. The van der Waals surface area contributed by atoms with Crippen molar-refractivity contribution in [1.82, 2.24) is 35.9 Å². The Morgan fingerprint density at radius 2 is 1.43 bits per heavy atom. The van der Waals surface area contributed by atoms with Crippen molar-refractivity contribution >= 4 is 29.7 Å². The molecule has 0 radical (unpaired) electrons. The van der Waals surface area contributed by atoms with E-state index in [-0.39, 0.29) is 12.8 Å². The minimum Gasteiger partial charge on any atom is -0.481 e. The number of aliphatic carboxylic acids is 2. The summed E-state index contributed by atoms with van der Waals surface area (Å²) in [5, 5.41) is 26.0. The highest BCUT2D eigenvalue weighted by molar-refractivity contribution is 5.95. The molecule has 0 aliphatic carbocycles. The second-order valence-electron chi connectivity index (χ2n) is 8.60. The van der Waals surface area contributed by atoms with Crippen LogP contribution in [0.15, 0.2) is 25.0 Å². The molecule has 15 nitrogen and oxygen atoms in total. The molecule has 0 aliphatic rings. The van der Waals surface area contributed by atoms with Gasteiger partial charge in [0.05, 0.1) is 25.1 Å². The molecular formula is C22H32N8O7. The summed E-state index contributed by atoms with van der Waals surface area (Å²) in [6, 6.07) is -5.05. The molecular weight excluding hydrogens is 488 g/mol. The van der Waals surface area contributed by atoms with Crippen LogP contribution in [0.3, 0.4) is 0 Å². The summed E-state index contributed by atoms with van der Waals surface area (Å²) in [7, 11) is 0. The number of nitrogens with two attached hydrogens (primary N) is 1. The number of rotatable bonds is 15. The molecule has 2 aromatic heterocycles. The van der Waals surface area contributed by atoms with Gasteiger partial charge in [-0.05, 0) is 5.92 Å². The van der Waals surface area contributed by atoms with Crippen LogP contribution in [-0.2, 0) is 36.8 Å². The topological polar surface area (TPSA) is 245 Å². The molecule has 2 aromatic rings. The first kappa shape index (κ1) is 29.0. The highest BCUT2D eigenvalue weighted by Gasteiger charge is 2.33. The quantitative estimate of drug-likeness (QED) is 0.132. The van der Waals surface area contributed by atoms with Gasteiger partial charge in [0.15, 0.2) is 0 Å². The Bertz CT molecular complexity index is 1060. The number of carbonyl (C=O) groups is 5. The number of nitrogens with zero attached hydrogens (tertiary/aromatic N) is 2. The maximum atomic E-state index is 13.2. The third kappa shape index (κ3) is 9.03. The fourth-order valence-electron chi connectivity index (χ4n) is 3.42. The van der Waals surface area contributed by atoms with Gasteiger partial charge in [-0.15, -0.1) is 0 Å². The van der Waals surface area contributed by atoms with Gasteiger partial charge < -0.3 is 41.9 Å². The predicted octanol–water partition coefficient (Wildman–Crippen LogP) is -1.69. The Kier molecular flexibility index (Phi) is 10.7. The first-order valence-corrected chi connectivity index (χ1v) is 11.6. The number of aromatic nitrogens is 4. The largest absolute Gasteiger partial charge is 0.481 e. The molecule has 0 saturated carbocycles. The third-order valence-electron chi connectivity index (χ3n) is 5.73. The van der Waals surface area contributed by atoms with Gasteiger partial charge >= 0.3 is 11.9 Å². The van der Waals surface area contributed by atoms with Gasteiger partial charge in [0.2, 0.25) is 17.7 Å². The fraction of sp³-hybridized carbons (Fsp3) is 0.500. The average Bonchev–Trinajstić information content (AvgIpc) is 3.54. The van der Waals surface area contributed by atoms with Crippen LogP contribution in [0.1, 0.15) is 38.1 Å². The van der Waals surface area contributed by atoms with Crippen molar-refractivity contribution in [2.24, 2.45) is 11.7 Å². The maximum absolute atomic E-state index is 13.2. The van der Waals surface area contributed by atoms with E-state index in [2.05, 4.69) is 35.9 Å². The van der Waals surface area contributed by atoms with Gasteiger partial charge in [0, 0.05) is 36.6 Å². The van der Waals surface area contributed by atoms with E-state index in [1.54, 1.807) is 13.8 Å². The van der Waals surface area contributed by atoms with E-state index in [9.17, 15) is 29.1 Å². The lowest BCUT2D eigenvalue weighted by molar-refractivity contribution is -0.142. The highest BCUT2D eigenvalue weighted by Crippen LogP contribution is 2.10. The molecule has 0 bridgehead atoms. The Morgan fingerprint density at radius 3 is 1.89 bits per heavy atom. The van der Waals surface area contributed by atoms with Crippen molar-refractivity contribution in [3.8, 4) is 0 Å². The number of hydrogen-bond donors (Lipinski definition) is 8. The number of carbonyl (C=O) groups excluding carboxylic acids is 3. The number of H-pyrrole nitrogens is 2. The molecule has 37 heavy (non-hydrogen) atoms.